The number of amides is 4. The highest BCUT2D eigenvalue weighted by Crippen LogP contribution is 2.19. The second-order valence-corrected chi connectivity index (χ2v) is 11.2. The molecule has 0 spiro atoms. The van der Waals surface area contributed by atoms with Crippen molar-refractivity contribution in [3.63, 3.8) is 0 Å². The van der Waals surface area contributed by atoms with Gasteiger partial charge in [0.1, 0.15) is 12.6 Å². The first-order chi connectivity index (χ1) is 18.2. The number of aliphatic hydroxyl groups is 1. The number of urea groups is 1. The van der Waals surface area contributed by atoms with E-state index in [0.717, 1.165) is 15.6 Å². The number of ether oxygens (including phenoxy) is 1. The van der Waals surface area contributed by atoms with Gasteiger partial charge in [0.05, 0.1) is 34.2 Å². The monoisotopic (exact) mass is 568 g/mol. The molecule has 2 heterocycles. The Balaban J connectivity index is 1.80. The summed E-state index contributed by atoms with van der Waals surface area (Å²) in [5.41, 5.74) is 2.46. The summed E-state index contributed by atoms with van der Waals surface area (Å²) >= 11 is 2.97. The maximum atomic E-state index is 12.8. The van der Waals surface area contributed by atoms with Crippen molar-refractivity contribution in [2.75, 3.05) is 13.7 Å². The zero-order valence-corrected chi connectivity index (χ0v) is 24.4. The molecule has 4 amide bonds. The first-order valence-electron chi connectivity index (χ1n) is 12.8. The van der Waals surface area contributed by atoms with E-state index in [1.807, 2.05) is 19.2 Å². The maximum absolute atomic E-state index is 12.8. The van der Waals surface area contributed by atoms with Gasteiger partial charge >= 0.3 is 12.1 Å². The Kier molecular flexibility index (Phi) is 13.4. The van der Waals surface area contributed by atoms with Crippen LogP contribution in [0.4, 0.5) is 9.59 Å². The SMILES string of the molecule is CCC(CCC(CC)NC(=O)C(CO)NC(=O)N(C)Cc1csc(C(C)C)n1)NC(=O)OCc1cncs1. The van der Waals surface area contributed by atoms with Crippen LogP contribution >= 0.6 is 22.7 Å². The molecule has 38 heavy (non-hydrogen) atoms. The first-order valence-corrected chi connectivity index (χ1v) is 14.6. The molecule has 0 saturated carbocycles. The summed E-state index contributed by atoms with van der Waals surface area (Å²) in [5, 5.41) is 21.1. The number of nitrogens with zero attached hydrogens (tertiary/aromatic N) is 3. The Morgan fingerprint density at radius 1 is 1.08 bits per heavy atom. The maximum Gasteiger partial charge on any atom is 0.407 e. The summed E-state index contributed by atoms with van der Waals surface area (Å²) in [4.78, 5) is 48.4. The van der Waals surface area contributed by atoms with Crippen molar-refractivity contribution in [2.45, 2.75) is 90.6 Å². The van der Waals surface area contributed by atoms with Crippen molar-refractivity contribution in [1.82, 2.24) is 30.8 Å². The Bertz CT molecular complexity index is 1000. The summed E-state index contributed by atoms with van der Waals surface area (Å²) in [5.74, 6) is -0.143. The lowest BCUT2D eigenvalue weighted by atomic mass is 10.0. The van der Waals surface area contributed by atoms with Crippen LogP contribution in [0.1, 0.15) is 74.9 Å². The average Bonchev–Trinajstić information content (AvgIpc) is 3.59. The standard InChI is InChI=1S/C25H40N6O5S2/c1-6-17(8-9-18(7-2)29-25(35)36-13-20-10-26-15-38-20)27-22(33)21(12-32)30-24(34)31(5)11-19-14-37-23(28-19)16(3)4/h10,14-18,21,32H,6-9,11-13H2,1-5H3,(H,27,33)(H,29,35)(H,30,34). The van der Waals surface area contributed by atoms with Gasteiger partial charge in [0.15, 0.2) is 0 Å². The molecule has 0 saturated heterocycles. The third-order valence-corrected chi connectivity index (χ3v) is 7.90. The molecule has 0 aliphatic heterocycles. The van der Waals surface area contributed by atoms with Crippen molar-refractivity contribution in [2.24, 2.45) is 0 Å². The number of hydrogen-bond acceptors (Lipinski definition) is 9. The van der Waals surface area contributed by atoms with Crippen LogP contribution in [0.25, 0.3) is 0 Å². The lowest BCUT2D eigenvalue weighted by molar-refractivity contribution is -0.124. The van der Waals surface area contributed by atoms with E-state index in [1.54, 1.807) is 30.1 Å². The summed E-state index contributed by atoms with van der Waals surface area (Å²) in [6.07, 6.45) is 3.78. The van der Waals surface area contributed by atoms with Crippen molar-refractivity contribution >= 4 is 40.7 Å². The fourth-order valence-electron chi connectivity index (χ4n) is 3.55. The fourth-order valence-corrected chi connectivity index (χ4v) is 4.88. The number of carbonyl (C=O) groups is 3. The number of nitrogens with one attached hydrogen (secondary N) is 3. The summed E-state index contributed by atoms with van der Waals surface area (Å²) in [7, 11) is 1.62. The van der Waals surface area contributed by atoms with Gasteiger partial charge < -0.3 is 30.7 Å². The Hall–Kier alpha value is -2.77. The van der Waals surface area contributed by atoms with Crippen molar-refractivity contribution in [3.05, 3.63) is 32.7 Å². The third-order valence-electron chi connectivity index (χ3n) is 5.95. The largest absolute Gasteiger partial charge is 0.444 e. The smallest absolute Gasteiger partial charge is 0.407 e. The Labute approximate surface area is 232 Å². The number of rotatable bonds is 15. The molecule has 11 nitrogen and oxygen atoms in total. The van der Waals surface area contributed by atoms with Gasteiger partial charge in [-0.2, -0.15) is 0 Å². The van der Waals surface area contributed by atoms with Gasteiger partial charge in [0.25, 0.3) is 0 Å². The van der Waals surface area contributed by atoms with Crippen LogP contribution in [0.3, 0.4) is 0 Å². The van der Waals surface area contributed by atoms with E-state index in [2.05, 4.69) is 39.8 Å². The molecule has 0 fully saturated rings. The number of aliphatic hydroxyl groups excluding tert-OH is 1. The summed E-state index contributed by atoms with van der Waals surface area (Å²) in [6, 6.07) is -1.85. The molecule has 0 bridgehead atoms. The summed E-state index contributed by atoms with van der Waals surface area (Å²) in [6.45, 7) is 7.98. The van der Waals surface area contributed by atoms with Gasteiger partial charge in [-0.15, -0.1) is 22.7 Å². The molecule has 13 heteroatoms. The minimum absolute atomic E-state index is 0.112. The Morgan fingerprint density at radius 3 is 2.32 bits per heavy atom. The van der Waals surface area contributed by atoms with Crippen LogP contribution in [-0.4, -0.2) is 69.8 Å². The molecular formula is C25H40N6O5S2. The number of aromatic nitrogens is 2. The molecule has 0 aromatic carbocycles. The van der Waals surface area contributed by atoms with E-state index in [9.17, 15) is 19.5 Å². The van der Waals surface area contributed by atoms with E-state index in [4.69, 9.17) is 4.74 Å². The van der Waals surface area contributed by atoms with E-state index in [1.165, 1.54) is 16.2 Å². The number of hydrogen-bond donors (Lipinski definition) is 4. The fraction of sp³-hybridized carbons (Fsp3) is 0.640. The molecule has 4 N–H and O–H groups in total. The van der Waals surface area contributed by atoms with Gasteiger partial charge in [0.2, 0.25) is 5.91 Å². The van der Waals surface area contributed by atoms with E-state index in [0.29, 0.717) is 38.1 Å². The van der Waals surface area contributed by atoms with Gasteiger partial charge in [-0.1, -0.05) is 27.7 Å². The van der Waals surface area contributed by atoms with Crippen LogP contribution in [0.15, 0.2) is 17.1 Å². The molecule has 212 valence electrons. The van der Waals surface area contributed by atoms with Crippen molar-refractivity contribution in [3.8, 4) is 0 Å². The molecular weight excluding hydrogens is 528 g/mol. The highest BCUT2D eigenvalue weighted by molar-refractivity contribution is 7.09. The molecule has 0 radical (unpaired) electrons. The molecule has 0 aliphatic carbocycles. The van der Waals surface area contributed by atoms with Gasteiger partial charge in [0, 0.05) is 36.6 Å². The Morgan fingerprint density at radius 2 is 1.76 bits per heavy atom. The van der Waals surface area contributed by atoms with E-state index >= 15 is 0 Å². The highest BCUT2D eigenvalue weighted by atomic mass is 32.1. The molecule has 3 atom stereocenters. The van der Waals surface area contributed by atoms with Crippen molar-refractivity contribution in [1.29, 1.82) is 0 Å². The van der Waals surface area contributed by atoms with Gasteiger partial charge in [-0.05, 0) is 25.7 Å². The van der Waals surface area contributed by atoms with Crippen LogP contribution in [0.5, 0.6) is 0 Å². The van der Waals surface area contributed by atoms with Gasteiger partial charge in [-0.3, -0.25) is 9.78 Å². The van der Waals surface area contributed by atoms with Crippen LogP contribution < -0.4 is 16.0 Å². The number of alkyl carbamates (subject to hydrolysis) is 1. The van der Waals surface area contributed by atoms with E-state index < -0.39 is 30.7 Å². The second-order valence-electron chi connectivity index (χ2n) is 9.36. The lowest BCUT2D eigenvalue weighted by Gasteiger charge is -2.25. The van der Waals surface area contributed by atoms with E-state index in [-0.39, 0.29) is 18.7 Å². The molecule has 2 aromatic rings. The number of carbonyl (C=O) groups excluding carboxylic acids is 3. The molecule has 3 unspecified atom stereocenters. The third kappa shape index (κ3) is 10.5. The minimum atomic E-state index is -1.08. The minimum Gasteiger partial charge on any atom is -0.444 e. The topological polar surface area (TPSA) is 146 Å². The summed E-state index contributed by atoms with van der Waals surface area (Å²) < 4.78 is 5.24. The van der Waals surface area contributed by atoms with Gasteiger partial charge in [-0.25, -0.2) is 14.6 Å². The van der Waals surface area contributed by atoms with Crippen LogP contribution in [0, 0.1) is 0 Å². The van der Waals surface area contributed by atoms with Crippen LogP contribution in [-0.2, 0) is 22.7 Å². The predicted octanol–water partition coefficient (Wildman–Crippen LogP) is 3.61. The highest BCUT2D eigenvalue weighted by Gasteiger charge is 2.24. The number of thiazole rings is 2. The molecule has 0 aliphatic rings. The van der Waals surface area contributed by atoms with Crippen molar-refractivity contribution < 1.29 is 24.2 Å². The molecule has 2 rings (SSSR count). The predicted molar refractivity (Wildman–Crippen MR) is 148 cm³/mol. The normalized spacial score (nSPS) is 13.4. The average molecular weight is 569 g/mol. The quantitative estimate of drug-likeness (QED) is 0.257. The van der Waals surface area contributed by atoms with Crippen LogP contribution in [0.2, 0.25) is 0 Å². The second kappa shape index (κ2) is 16.2. The first kappa shape index (κ1) is 31.4. The zero-order chi connectivity index (χ0) is 28.1. The zero-order valence-electron chi connectivity index (χ0n) is 22.7. The lowest BCUT2D eigenvalue weighted by Crippen LogP contribution is -2.53. The molecule has 2 aromatic heterocycles.